The molecule has 6 nitrogen and oxygen atoms in total. The van der Waals surface area contributed by atoms with Crippen LogP contribution < -0.4 is 5.73 Å². The number of aromatic nitrogens is 5. The minimum Gasteiger partial charge on any atom is -0.414 e. The molecule has 6 rings (SSSR count). The van der Waals surface area contributed by atoms with Crippen LogP contribution in [0.2, 0.25) is 0 Å². The van der Waals surface area contributed by atoms with Gasteiger partial charge in [-0.3, -0.25) is 19.9 Å². The smallest absolute Gasteiger partial charge is 0.414 e. The summed E-state index contributed by atoms with van der Waals surface area (Å²) in [5.41, 5.74) is 13.1. The Labute approximate surface area is 242 Å². The Morgan fingerprint density at radius 1 is 0.513 bits per heavy atom. The standard InChI is InChI=1S/C12H11N2.2C10H8N2.Os/c1-9-5-6-14-12(7-9)10-3-2-4-11(13)8-10;2*1-3-7-11-9(5-1)10-6-2-4-8-12-10;/h2,4-8H,13H2,1H3;2*1-8H;/q-1;;;+1. The zero-order chi connectivity index (χ0) is 26.4. The van der Waals surface area contributed by atoms with Gasteiger partial charge in [0.15, 0.2) is 0 Å². The topological polar surface area (TPSA) is 90.5 Å². The van der Waals surface area contributed by atoms with E-state index >= 15 is 0 Å². The minimum atomic E-state index is 0. The van der Waals surface area contributed by atoms with Gasteiger partial charge in [-0.15, -0.1) is 29.8 Å². The molecule has 0 atom stereocenters. The number of aryl methyl sites for hydroxylation is 1. The van der Waals surface area contributed by atoms with Crippen molar-refractivity contribution in [3.05, 3.63) is 146 Å². The summed E-state index contributed by atoms with van der Waals surface area (Å²) in [6.45, 7) is 2.04. The van der Waals surface area contributed by atoms with Crippen molar-refractivity contribution in [2.75, 3.05) is 5.73 Å². The summed E-state index contributed by atoms with van der Waals surface area (Å²) >= 11 is 0. The van der Waals surface area contributed by atoms with E-state index in [1.165, 1.54) is 5.56 Å². The number of anilines is 1. The van der Waals surface area contributed by atoms with Crippen LogP contribution in [-0.4, -0.2) is 24.9 Å². The Bertz CT molecular complexity index is 1320. The van der Waals surface area contributed by atoms with Crippen LogP contribution in [0.4, 0.5) is 5.69 Å². The van der Waals surface area contributed by atoms with Crippen LogP contribution in [0.5, 0.6) is 0 Å². The largest absolute Gasteiger partial charge is 1.00 e. The van der Waals surface area contributed by atoms with Gasteiger partial charge in [-0.25, -0.2) is 0 Å². The first-order valence-electron chi connectivity index (χ1n) is 12.0. The van der Waals surface area contributed by atoms with Crippen LogP contribution in [-0.2, 0) is 19.8 Å². The maximum absolute atomic E-state index is 5.69. The molecule has 0 aliphatic rings. The Kier molecular flexibility index (Phi) is 11.6. The van der Waals surface area contributed by atoms with Crippen LogP contribution >= 0.6 is 0 Å². The van der Waals surface area contributed by atoms with Gasteiger partial charge in [-0.2, -0.15) is 0 Å². The molecule has 1 radical (unpaired) electrons. The predicted octanol–water partition coefficient (Wildman–Crippen LogP) is 6.72. The normalized spacial score (nSPS) is 9.56. The maximum Gasteiger partial charge on any atom is 1.00 e. The van der Waals surface area contributed by atoms with Gasteiger partial charge in [0.2, 0.25) is 0 Å². The van der Waals surface area contributed by atoms with Crippen molar-refractivity contribution >= 4 is 5.69 Å². The fourth-order valence-electron chi connectivity index (χ4n) is 3.37. The van der Waals surface area contributed by atoms with E-state index in [1.807, 2.05) is 110 Å². The molecule has 39 heavy (non-hydrogen) atoms. The molecule has 0 spiro atoms. The monoisotopic (exact) mass is 687 g/mol. The molecule has 2 N–H and O–H groups in total. The quantitative estimate of drug-likeness (QED) is 0.164. The molecule has 1 aromatic carbocycles. The summed E-state index contributed by atoms with van der Waals surface area (Å²) in [6.07, 6.45) is 8.86. The second kappa shape index (κ2) is 15.6. The van der Waals surface area contributed by atoms with E-state index in [1.54, 1.807) is 31.0 Å². The van der Waals surface area contributed by atoms with Crippen molar-refractivity contribution < 1.29 is 19.8 Å². The molecule has 0 amide bonds. The molecule has 0 bridgehead atoms. The number of nitrogen functional groups attached to an aromatic ring is 1. The molecule has 5 heterocycles. The van der Waals surface area contributed by atoms with Crippen LogP contribution in [0.15, 0.2) is 134 Å². The molecule has 7 heteroatoms. The van der Waals surface area contributed by atoms with Gasteiger partial charge in [0.05, 0.1) is 22.8 Å². The van der Waals surface area contributed by atoms with Crippen molar-refractivity contribution in [1.29, 1.82) is 0 Å². The zero-order valence-electron chi connectivity index (χ0n) is 21.4. The molecule has 0 saturated carbocycles. The first kappa shape index (κ1) is 29.0. The number of nitrogens with zero attached hydrogens (tertiary/aromatic N) is 5. The van der Waals surface area contributed by atoms with E-state index in [9.17, 15) is 0 Å². The minimum absolute atomic E-state index is 0. The van der Waals surface area contributed by atoms with Gasteiger partial charge in [0, 0.05) is 31.0 Å². The van der Waals surface area contributed by atoms with Gasteiger partial charge in [0.1, 0.15) is 0 Å². The number of hydrogen-bond acceptors (Lipinski definition) is 6. The molecule has 0 saturated heterocycles. The molecule has 6 aromatic rings. The molecular formula is C32H27N6Os. The number of hydrogen-bond donors (Lipinski definition) is 1. The summed E-state index contributed by atoms with van der Waals surface area (Å²) < 4.78 is 0. The first-order valence-corrected chi connectivity index (χ1v) is 12.0. The average Bonchev–Trinajstić information content (AvgIpc) is 3.00. The van der Waals surface area contributed by atoms with Gasteiger partial charge in [-0.05, 0) is 67.2 Å². The number of benzene rings is 1. The predicted molar refractivity (Wildman–Crippen MR) is 153 cm³/mol. The molecular weight excluding hydrogens is 659 g/mol. The van der Waals surface area contributed by atoms with Gasteiger partial charge >= 0.3 is 19.8 Å². The van der Waals surface area contributed by atoms with Crippen LogP contribution in [0.25, 0.3) is 34.0 Å². The maximum atomic E-state index is 5.69. The Morgan fingerprint density at radius 3 is 1.31 bits per heavy atom. The molecule has 0 aliphatic heterocycles. The Morgan fingerprint density at radius 2 is 0.949 bits per heavy atom. The molecule has 0 aliphatic carbocycles. The second-order valence-electron chi connectivity index (χ2n) is 8.11. The SMILES string of the molecule is Cc1ccnc(-c2[c-]ccc(N)c2)c1.[Os+].c1ccc(-c2ccccn2)nc1.c1ccc(-c2ccccn2)nc1. The third-order valence-electron chi connectivity index (χ3n) is 5.20. The summed E-state index contributed by atoms with van der Waals surface area (Å²) in [5.74, 6) is 0. The molecule has 5 aromatic heterocycles. The molecule has 193 valence electrons. The average molecular weight is 686 g/mol. The number of nitrogens with two attached hydrogens (primary N) is 1. The third-order valence-corrected chi connectivity index (χ3v) is 5.20. The van der Waals surface area contributed by atoms with Crippen molar-refractivity contribution in [1.82, 2.24) is 24.9 Å². The summed E-state index contributed by atoms with van der Waals surface area (Å²) in [7, 11) is 0. The summed E-state index contributed by atoms with van der Waals surface area (Å²) in [6, 6.07) is 35.8. The fraction of sp³-hybridized carbons (Fsp3) is 0.0312. The van der Waals surface area contributed by atoms with Gasteiger partial charge in [0.25, 0.3) is 0 Å². The molecule has 0 unspecified atom stereocenters. The van der Waals surface area contributed by atoms with Crippen molar-refractivity contribution in [2.24, 2.45) is 0 Å². The summed E-state index contributed by atoms with van der Waals surface area (Å²) in [5, 5.41) is 0. The van der Waals surface area contributed by atoms with Crippen molar-refractivity contribution in [3.63, 3.8) is 0 Å². The van der Waals surface area contributed by atoms with E-state index in [-0.39, 0.29) is 19.8 Å². The second-order valence-corrected chi connectivity index (χ2v) is 8.11. The van der Waals surface area contributed by atoms with Crippen LogP contribution in [0.3, 0.4) is 0 Å². The van der Waals surface area contributed by atoms with Gasteiger partial charge < -0.3 is 10.7 Å². The fourth-order valence-corrected chi connectivity index (χ4v) is 3.37. The summed E-state index contributed by atoms with van der Waals surface area (Å²) in [4.78, 5) is 21.0. The van der Waals surface area contributed by atoms with E-state index < -0.39 is 0 Å². The first-order chi connectivity index (χ1) is 18.7. The van der Waals surface area contributed by atoms with E-state index in [4.69, 9.17) is 5.73 Å². The number of rotatable bonds is 3. The molecule has 0 fully saturated rings. The Hall–Kier alpha value is -4.59. The van der Waals surface area contributed by atoms with E-state index in [0.29, 0.717) is 0 Å². The van der Waals surface area contributed by atoms with Crippen molar-refractivity contribution in [3.8, 4) is 34.0 Å². The van der Waals surface area contributed by atoms with Crippen LogP contribution in [0, 0.1) is 13.0 Å². The van der Waals surface area contributed by atoms with Gasteiger partial charge in [-0.1, -0.05) is 41.6 Å². The Balaban J connectivity index is 0.000000160. The zero-order valence-corrected chi connectivity index (χ0v) is 23.9. The van der Waals surface area contributed by atoms with Crippen molar-refractivity contribution in [2.45, 2.75) is 6.92 Å². The number of pyridine rings is 5. The third kappa shape index (κ3) is 9.34. The van der Waals surface area contributed by atoms with E-state index in [2.05, 4.69) is 31.0 Å². The van der Waals surface area contributed by atoms with E-state index in [0.717, 1.165) is 39.7 Å². The van der Waals surface area contributed by atoms with Crippen LogP contribution in [0.1, 0.15) is 5.56 Å².